The molecule has 0 saturated carbocycles. The van der Waals surface area contributed by atoms with Crippen molar-refractivity contribution in [3.8, 4) is 11.5 Å². The highest BCUT2D eigenvalue weighted by atomic mass is 16.6. The fourth-order valence-electron chi connectivity index (χ4n) is 5.45. The van der Waals surface area contributed by atoms with Crippen molar-refractivity contribution in [2.45, 2.75) is 91.9 Å². The number of aromatic hydroxyl groups is 2. The van der Waals surface area contributed by atoms with E-state index in [2.05, 4.69) is 41.5 Å². The Kier molecular flexibility index (Phi) is 13.3. The van der Waals surface area contributed by atoms with Gasteiger partial charge in [-0.2, -0.15) is 0 Å². The highest BCUT2D eigenvalue weighted by Crippen LogP contribution is 2.36. The third-order valence-electron chi connectivity index (χ3n) is 7.00. The summed E-state index contributed by atoms with van der Waals surface area (Å²) in [7, 11) is 0. The lowest BCUT2D eigenvalue weighted by atomic mass is 9.79. The number of esters is 2. The molecule has 0 saturated heterocycles. The first-order valence-electron chi connectivity index (χ1n) is 14.7. The summed E-state index contributed by atoms with van der Waals surface area (Å²) in [6.45, 7) is 18.0. The molecule has 0 aliphatic heterocycles. The molecule has 0 aliphatic carbocycles. The lowest BCUT2D eigenvalue weighted by Crippen LogP contribution is -2.18. The second-order valence-corrected chi connectivity index (χ2v) is 12.7. The van der Waals surface area contributed by atoms with Crippen LogP contribution in [-0.4, -0.2) is 61.8 Å². The zero-order chi connectivity index (χ0) is 31.5. The van der Waals surface area contributed by atoms with Crippen LogP contribution in [-0.2, 0) is 52.2 Å². The summed E-state index contributed by atoms with van der Waals surface area (Å²) in [5, 5.41) is 20.7. The first kappa shape index (κ1) is 35.1. The first-order chi connectivity index (χ1) is 19.6. The van der Waals surface area contributed by atoms with Crippen molar-refractivity contribution in [2.75, 3.05) is 39.6 Å². The van der Waals surface area contributed by atoms with Crippen LogP contribution >= 0.6 is 0 Å². The SMILES string of the molecule is Cc1ccc(O)c(CCC(=O)OCCOCCOCCOC(=O)CCc2c(O)ccc(C)c2C(C)(C)C)c1C(C)(C)C. The van der Waals surface area contributed by atoms with E-state index >= 15 is 0 Å². The standard InChI is InChI=1S/C34H50O8/c1-23-9-13-27(35)25(31(23)33(3,4)5)11-15-29(37)41-21-19-39-17-18-40-20-22-42-30(38)16-12-26-28(36)14-10-24(2)32(26)34(6,7)8/h9-10,13-14,35-36H,11-12,15-22H2,1-8H3. The Bertz CT molecular complexity index is 1090. The maximum atomic E-state index is 12.2. The molecular formula is C34H50O8. The first-order valence-corrected chi connectivity index (χ1v) is 14.7. The molecule has 2 aromatic carbocycles. The zero-order valence-corrected chi connectivity index (χ0v) is 26.7. The topological polar surface area (TPSA) is 112 Å². The Morgan fingerprint density at radius 2 is 0.929 bits per heavy atom. The zero-order valence-electron chi connectivity index (χ0n) is 26.7. The van der Waals surface area contributed by atoms with Crippen LogP contribution in [0.4, 0.5) is 0 Å². The van der Waals surface area contributed by atoms with Crippen molar-refractivity contribution in [2.24, 2.45) is 0 Å². The Labute approximate surface area is 251 Å². The molecule has 0 heterocycles. The van der Waals surface area contributed by atoms with Gasteiger partial charge in [0.25, 0.3) is 0 Å². The van der Waals surface area contributed by atoms with Crippen LogP contribution in [0.25, 0.3) is 0 Å². The van der Waals surface area contributed by atoms with E-state index < -0.39 is 0 Å². The summed E-state index contributed by atoms with van der Waals surface area (Å²) in [6.07, 6.45) is 1.16. The third-order valence-corrected chi connectivity index (χ3v) is 7.00. The molecule has 2 rings (SSSR count). The lowest BCUT2D eigenvalue weighted by molar-refractivity contribution is -0.147. The van der Waals surface area contributed by atoms with E-state index in [1.165, 1.54) is 0 Å². The van der Waals surface area contributed by atoms with Gasteiger partial charge in [0.15, 0.2) is 0 Å². The smallest absolute Gasteiger partial charge is 0.306 e. The molecule has 0 amide bonds. The highest BCUT2D eigenvalue weighted by molar-refractivity contribution is 5.70. The molecule has 0 atom stereocenters. The molecule has 8 nitrogen and oxygen atoms in total. The fourth-order valence-corrected chi connectivity index (χ4v) is 5.45. The molecule has 42 heavy (non-hydrogen) atoms. The van der Waals surface area contributed by atoms with Crippen molar-refractivity contribution in [1.82, 2.24) is 0 Å². The van der Waals surface area contributed by atoms with Crippen LogP contribution < -0.4 is 0 Å². The third kappa shape index (κ3) is 11.0. The summed E-state index contributed by atoms with van der Waals surface area (Å²) in [5.41, 5.74) is 5.58. The van der Waals surface area contributed by atoms with E-state index in [-0.39, 0.29) is 73.5 Å². The van der Waals surface area contributed by atoms with Gasteiger partial charge < -0.3 is 29.2 Å². The van der Waals surface area contributed by atoms with E-state index in [9.17, 15) is 19.8 Å². The molecule has 0 aliphatic rings. The van der Waals surface area contributed by atoms with Gasteiger partial charge in [-0.1, -0.05) is 53.7 Å². The van der Waals surface area contributed by atoms with Crippen LogP contribution in [0.2, 0.25) is 0 Å². The predicted molar refractivity (Wildman–Crippen MR) is 163 cm³/mol. The number of hydrogen-bond acceptors (Lipinski definition) is 8. The van der Waals surface area contributed by atoms with Crippen LogP contribution in [0.5, 0.6) is 11.5 Å². The van der Waals surface area contributed by atoms with Crippen molar-refractivity contribution in [1.29, 1.82) is 0 Å². The number of phenolic OH excluding ortho intramolecular Hbond substituents is 2. The molecule has 0 bridgehead atoms. The van der Waals surface area contributed by atoms with E-state index in [0.29, 0.717) is 26.1 Å². The summed E-state index contributed by atoms with van der Waals surface area (Å²) in [5.74, 6) is -0.281. The van der Waals surface area contributed by atoms with E-state index in [0.717, 1.165) is 33.4 Å². The summed E-state index contributed by atoms with van der Waals surface area (Å²) < 4.78 is 21.4. The Morgan fingerprint density at radius 1 is 0.595 bits per heavy atom. The number of rotatable bonds is 15. The second kappa shape index (κ2) is 15.9. The number of hydrogen-bond donors (Lipinski definition) is 2. The van der Waals surface area contributed by atoms with Gasteiger partial charge in [0.1, 0.15) is 24.7 Å². The Balaban J connectivity index is 1.57. The van der Waals surface area contributed by atoms with Gasteiger partial charge in [-0.15, -0.1) is 0 Å². The van der Waals surface area contributed by atoms with Crippen LogP contribution in [0, 0.1) is 13.8 Å². The molecule has 0 fully saturated rings. The minimum absolute atomic E-state index is 0.135. The average Bonchev–Trinajstić information content (AvgIpc) is 2.88. The van der Waals surface area contributed by atoms with Crippen molar-refractivity contribution in [3.05, 3.63) is 57.6 Å². The largest absolute Gasteiger partial charge is 0.508 e. The maximum absolute atomic E-state index is 12.2. The normalized spacial score (nSPS) is 11.9. The summed E-state index contributed by atoms with van der Waals surface area (Å²) in [6, 6.07) is 7.14. The van der Waals surface area contributed by atoms with E-state index in [1.54, 1.807) is 12.1 Å². The number of carbonyl (C=O) groups is 2. The minimum Gasteiger partial charge on any atom is -0.508 e. The number of ether oxygens (including phenoxy) is 4. The summed E-state index contributed by atoms with van der Waals surface area (Å²) in [4.78, 5) is 24.4. The molecule has 8 heteroatoms. The Morgan fingerprint density at radius 3 is 1.26 bits per heavy atom. The number of phenols is 2. The molecule has 0 spiro atoms. The highest BCUT2D eigenvalue weighted by Gasteiger charge is 2.24. The predicted octanol–water partition coefficient (Wildman–Crippen LogP) is 5.99. The van der Waals surface area contributed by atoms with Gasteiger partial charge in [-0.3, -0.25) is 9.59 Å². The molecule has 2 N–H and O–H groups in total. The number of aryl methyl sites for hydroxylation is 2. The quantitative estimate of drug-likeness (QED) is 0.193. The number of carbonyl (C=O) groups excluding carboxylic acids is 2. The van der Waals surface area contributed by atoms with Crippen molar-refractivity contribution in [3.63, 3.8) is 0 Å². The Hall–Kier alpha value is -3.10. The van der Waals surface area contributed by atoms with Gasteiger partial charge in [-0.05, 0) is 83.0 Å². The fraction of sp³-hybridized carbons (Fsp3) is 0.588. The molecule has 0 unspecified atom stereocenters. The maximum Gasteiger partial charge on any atom is 0.306 e. The van der Waals surface area contributed by atoms with E-state index in [4.69, 9.17) is 18.9 Å². The van der Waals surface area contributed by atoms with Gasteiger partial charge in [0.05, 0.1) is 26.4 Å². The molecule has 2 aromatic rings. The van der Waals surface area contributed by atoms with Crippen LogP contribution in [0.15, 0.2) is 24.3 Å². The van der Waals surface area contributed by atoms with Crippen LogP contribution in [0.1, 0.15) is 87.8 Å². The molecule has 0 radical (unpaired) electrons. The minimum atomic E-state index is -0.343. The van der Waals surface area contributed by atoms with Gasteiger partial charge in [0, 0.05) is 12.8 Å². The average molecular weight is 587 g/mol. The monoisotopic (exact) mass is 586 g/mol. The van der Waals surface area contributed by atoms with Crippen molar-refractivity contribution < 1.29 is 38.7 Å². The molecule has 0 aromatic heterocycles. The van der Waals surface area contributed by atoms with Gasteiger partial charge in [-0.25, -0.2) is 0 Å². The lowest BCUT2D eigenvalue weighted by Gasteiger charge is -2.26. The molecule has 234 valence electrons. The number of benzene rings is 2. The summed E-state index contributed by atoms with van der Waals surface area (Å²) >= 11 is 0. The second-order valence-electron chi connectivity index (χ2n) is 12.7. The van der Waals surface area contributed by atoms with Crippen LogP contribution in [0.3, 0.4) is 0 Å². The van der Waals surface area contributed by atoms with Crippen molar-refractivity contribution >= 4 is 11.9 Å². The van der Waals surface area contributed by atoms with Gasteiger partial charge in [0.2, 0.25) is 0 Å². The van der Waals surface area contributed by atoms with Gasteiger partial charge >= 0.3 is 11.9 Å². The van der Waals surface area contributed by atoms with E-state index in [1.807, 2.05) is 26.0 Å². The molecular weight excluding hydrogens is 536 g/mol.